The SMILES string of the molecule is CCc1c(Sc2cc(Cl)cc(Cl)c2)c(CC(N)=O)nn1CCO. The Labute approximate surface area is 148 Å². The number of nitrogens with two attached hydrogens (primary N) is 1. The molecule has 3 N–H and O–H groups in total. The second-order valence-electron chi connectivity index (χ2n) is 4.87. The summed E-state index contributed by atoms with van der Waals surface area (Å²) < 4.78 is 1.72. The molecule has 1 aromatic carbocycles. The molecule has 8 heteroatoms. The molecule has 1 heterocycles. The third-order valence-electron chi connectivity index (χ3n) is 3.12. The topological polar surface area (TPSA) is 81.1 Å². The van der Waals surface area contributed by atoms with Crippen molar-refractivity contribution in [2.45, 2.75) is 36.1 Å². The van der Waals surface area contributed by atoms with Gasteiger partial charge in [-0.3, -0.25) is 9.48 Å². The molecule has 2 rings (SSSR count). The van der Waals surface area contributed by atoms with Gasteiger partial charge in [0.15, 0.2) is 0 Å². The number of nitrogens with zero attached hydrogens (tertiary/aromatic N) is 2. The molecule has 0 saturated carbocycles. The summed E-state index contributed by atoms with van der Waals surface area (Å²) in [5.74, 6) is -0.452. The van der Waals surface area contributed by atoms with Crippen LogP contribution in [0, 0.1) is 0 Å². The lowest BCUT2D eigenvalue weighted by molar-refractivity contribution is -0.117. The summed E-state index contributed by atoms with van der Waals surface area (Å²) in [6.45, 7) is 2.33. The fourth-order valence-electron chi connectivity index (χ4n) is 2.26. The standard InChI is InChI=1S/C15H17Cl2N3O2S/c1-2-13-15(23-11-6-9(16)5-10(17)7-11)12(8-14(18)22)19-20(13)3-4-21/h5-7,21H,2-4,8H2,1H3,(H2,18,22). The van der Waals surface area contributed by atoms with Crippen LogP contribution in [0.2, 0.25) is 10.0 Å². The third-order valence-corrected chi connectivity index (χ3v) is 4.70. The Morgan fingerprint density at radius 2 is 2.00 bits per heavy atom. The molecule has 0 saturated heterocycles. The van der Waals surface area contributed by atoms with Gasteiger partial charge in [0.25, 0.3) is 0 Å². The van der Waals surface area contributed by atoms with Crippen molar-refractivity contribution in [1.82, 2.24) is 9.78 Å². The highest BCUT2D eigenvalue weighted by Crippen LogP contribution is 2.36. The summed E-state index contributed by atoms with van der Waals surface area (Å²) in [4.78, 5) is 13.0. The average molecular weight is 374 g/mol. The number of aliphatic hydroxyl groups excluding tert-OH is 1. The lowest BCUT2D eigenvalue weighted by Gasteiger charge is -2.07. The third kappa shape index (κ3) is 4.64. The Kier molecular flexibility index (Phi) is 6.35. The first-order chi connectivity index (χ1) is 10.9. The molecular formula is C15H17Cl2N3O2S. The fourth-order valence-corrected chi connectivity index (χ4v) is 4.12. The van der Waals surface area contributed by atoms with Crippen LogP contribution in [0.15, 0.2) is 28.0 Å². The van der Waals surface area contributed by atoms with Crippen molar-refractivity contribution in [2.75, 3.05) is 6.61 Å². The molecule has 0 aliphatic rings. The second kappa shape index (κ2) is 8.06. The van der Waals surface area contributed by atoms with Crippen molar-refractivity contribution in [3.8, 4) is 0 Å². The highest BCUT2D eigenvalue weighted by Gasteiger charge is 2.19. The zero-order chi connectivity index (χ0) is 17.0. The molecule has 0 atom stereocenters. The molecule has 0 unspecified atom stereocenters. The van der Waals surface area contributed by atoms with E-state index < -0.39 is 5.91 Å². The monoisotopic (exact) mass is 373 g/mol. The van der Waals surface area contributed by atoms with E-state index in [0.29, 0.717) is 28.7 Å². The summed E-state index contributed by atoms with van der Waals surface area (Å²) in [6, 6.07) is 5.26. The highest BCUT2D eigenvalue weighted by atomic mass is 35.5. The van der Waals surface area contributed by atoms with Gasteiger partial charge < -0.3 is 10.8 Å². The van der Waals surface area contributed by atoms with Crippen LogP contribution in [0.3, 0.4) is 0 Å². The van der Waals surface area contributed by atoms with Crippen LogP contribution in [0.25, 0.3) is 0 Å². The van der Waals surface area contributed by atoms with Gasteiger partial charge in [0.05, 0.1) is 35.9 Å². The summed E-state index contributed by atoms with van der Waals surface area (Å²) >= 11 is 13.5. The molecule has 124 valence electrons. The number of hydrogen-bond acceptors (Lipinski definition) is 4. The van der Waals surface area contributed by atoms with E-state index in [1.165, 1.54) is 11.8 Å². The first-order valence-electron chi connectivity index (χ1n) is 7.06. The predicted octanol–water partition coefficient (Wildman–Crippen LogP) is 2.92. The quantitative estimate of drug-likeness (QED) is 0.781. The second-order valence-corrected chi connectivity index (χ2v) is 6.83. The maximum atomic E-state index is 11.3. The van der Waals surface area contributed by atoms with Crippen LogP contribution in [-0.4, -0.2) is 27.4 Å². The number of primary amides is 1. The lowest BCUT2D eigenvalue weighted by atomic mass is 10.2. The van der Waals surface area contributed by atoms with Crippen LogP contribution in [0.1, 0.15) is 18.3 Å². The number of hydrogen-bond donors (Lipinski definition) is 2. The van der Waals surface area contributed by atoms with Gasteiger partial charge in [-0.2, -0.15) is 5.10 Å². The van der Waals surface area contributed by atoms with Gasteiger partial charge in [0, 0.05) is 14.9 Å². The van der Waals surface area contributed by atoms with Crippen molar-refractivity contribution in [3.63, 3.8) is 0 Å². The molecule has 0 bridgehead atoms. The van der Waals surface area contributed by atoms with Crippen molar-refractivity contribution >= 4 is 40.9 Å². The fraction of sp³-hybridized carbons (Fsp3) is 0.333. The van der Waals surface area contributed by atoms with Gasteiger partial charge in [-0.15, -0.1) is 0 Å². The lowest BCUT2D eigenvalue weighted by Crippen LogP contribution is -2.15. The molecule has 1 amide bonds. The summed E-state index contributed by atoms with van der Waals surface area (Å²) in [5.41, 5.74) is 6.86. The number of benzene rings is 1. The normalized spacial score (nSPS) is 11.0. The van der Waals surface area contributed by atoms with E-state index >= 15 is 0 Å². The van der Waals surface area contributed by atoms with Crippen LogP contribution < -0.4 is 5.73 Å². The molecule has 0 aliphatic carbocycles. The average Bonchev–Trinajstić information content (AvgIpc) is 2.74. The first-order valence-corrected chi connectivity index (χ1v) is 8.63. The maximum Gasteiger partial charge on any atom is 0.223 e. The number of carbonyl (C=O) groups excluding carboxylic acids is 1. The molecular weight excluding hydrogens is 357 g/mol. The van der Waals surface area contributed by atoms with E-state index in [0.717, 1.165) is 15.5 Å². The minimum Gasteiger partial charge on any atom is -0.394 e. The Hall–Kier alpha value is -1.21. The Morgan fingerprint density at radius 3 is 2.52 bits per heavy atom. The Bertz CT molecular complexity index is 699. The molecule has 0 aliphatic heterocycles. The molecule has 23 heavy (non-hydrogen) atoms. The van der Waals surface area contributed by atoms with Crippen LogP contribution in [0.4, 0.5) is 0 Å². The van der Waals surface area contributed by atoms with Gasteiger partial charge in [-0.05, 0) is 24.6 Å². The van der Waals surface area contributed by atoms with Crippen LogP contribution in [0.5, 0.6) is 0 Å². The van der Waals surface area contributed by atoms with Crippen molar-refractivity contribution in [3.05, 3.63) is 39.6 Å². The smallest absolute Gasteiger partial charge is 0.223 e. The molecule has 0 spiro atoms. The van der Waals surface area contributed by atoms with Gasteiger partial charge in [0.2, 0.25) is 5.91 Å². The number of rotatable bonds is 7. The molecule has 5 nitrogen and oxygen atoms in total. The number of aliphatic hydroxyl groups is 1. The van der Waals surface area contributed by atoms with Crippen LogP contribution in [-0.2, 0) is 24.2 Å². The van der Waals surface area contributed by atoms with E-state index in [9.17, 15) is 9.90 Å². The van der Waals surface area contributed by atoms with Gasteiger partial charge >= 0.3 is 0 Å². The number of aromatic nitrogens is 2. The number of amides is 1. The minimum absolute atomic E-state index is 0.0300. The highest BCUT2D eigenvalue weighted by molar-refractivity contribution is 7.99. The van der Waals surface area contributed by atoms with E-state index in [2.05, 4.69) is 5.10 Å². The number of carbonyl (C=O) groups is 1. The van der Waals surface area contributed by atoms with Gasteiger partial charge in [0.1, 0.15) is 0 Å². The van der Waals surface area contributed by atoms with E-state index in [-0.39, 0.29) is 13.0 Å². The largest absolute Gasteiger partial charge is 0.394 e. The predicted molar refractivity (Wildman–Crippen MR) is 92.2 cm³/mol. The maximum absolute atomic E-state index is 11.3. The zero-order valence-electron chi connectivity index (χ0n) is 12.6. The number of halogens is 2. The van der Waals surface area contributed by atoms with Crippen molar-refractivity contribution in [2.24, 2.45) is 5.73 Å². The molecule has 0 radical (unpaired) electrons. The van der Waals surface area contributed by atoms with E-state index in [4.69, 9.17) is 28.9 Å². The van der Waals surface area contributed by atoms with E-state index in [1.54, 1.807) is 22.9 Å². The zero-order valence-corrected chi connectivity index (χ0v) is 14.9. The van der Waals surface area contributed by atoms with Crippen molar-refractivity contribution in [1.29, 1.82) is 0 Å². The summed E-state index contributed by atoms with van der Waals surface area (Å²) in [6.07, 6.45) is 0.754. The first kappa shape index (κ1) is 18.1. The van der Waals surface area contributed by atoms with Crippen LogP contribution >= 0.6 is 35.0 Å². The molecule has 0 fully saturated rings. The molecule has 1 aromatic heterocycles. The molecule has 2 aromatic rings. The Morgan fingerprint density at radius 1 is 1.35 bits per heavy atom. The van der Waals surface area contributed by atoms with E-state index in [1.807, 2.05) is 6.92 Å². The van der Waals surface area contributed by atoms with Gasteiger partial charge in [-0.25, -0.2) is 0 Å². The minimum atomic E-state index is -0.452. The van der Waals surface area contributed by atoms with Crippen molar-refractivity contribution < 1.29 is 9.90 Å². The summed E-state index contributed by atoms with van der Waals surface area (Å²) in [5, 5.41) is 14.7. The Balaban J connectivity index is 2.46. The summed E-state index contributed by atoms with van der Waals surface area (Å²) in [7, 11) is 0. The van der Waals surface area contributed by atoms with Gasteiger partial charge in [-0.1, -0.05) is 41.9 Å².